The van der Waals surface area contributed by atoms with E-state index < -0.39 is 0 Å². The maximum Gasteiger partial charge on any atom is 0.321 e. The van der Waals surface area contributed by atoms with Crippen molar-refractivity contribution in [1.82, 2.24) is 20.2 Å². The first-order chi connectivity index (χ1) is 15.7. The highest BCUT2D eigenvalue weighted by atomic mass is 16.2. The molecule has 4 rings (SSSR count). The van der Waals surface area contributed by atoms with E-state index in [1.54, 1.807) is 6.20 Å². The zero-order chi connectivity index (χ0) is 22.2. The van der Waals surface area contributed by atoms with Crippen LogP contribution in [0.3, 0.4) is 0 Å². The van der Waals surface area contributed by atoms with Gasteiger partial charge >= 0.3 is 6.03 Å². The van der Waals surface area contributed by atoms with Crippen LogP contribution in [0, 0.1) is 5.92 Å². The standard InChI is InChI=1S/C23H31N7O2/c31-21(17-6-3-7-17)25-12-5-11-24-20-10-13-26-22(29-20)27-18-8-4-9-19(16-18)28-23(32)30-14-1-2-15-30/h4,8-10,13,16-17H,1-3,5-7,11-12,14-15H2,(H,25,31)(H,28,32)(H2,24,26,27,29). The van der Waals surface area contributed by atoms with Crippen molar-refractivity contribution in [2.24, 2.45) is 5.92 Å². The van der Waals surface area contributed by atoms with Crippen LogP contribution in [0.4, 0.5) is 27.9 Å². The summed E-state index contributed by atoms with van der Waals surface area (Å²) in [5.41, 5.74) is 1.52. The molecule has 1 saturated carbocycles. The maximum atomic E-state index is 12.3. The quantitative estimate of drug-likeness (QED) is 0.446. The molecular formula is C23H31N7O2. The Morgan fingerprint density at radius 2 is 1.84 bits per heavy atom. The molecule has 1 aromatic heterocycles. The van der Waals surface area contributed by atoms with E-state index in [2.05, 4.69) is 31.2 Å². The number of rotatable bonds is 9. The molecule has 3 amide bonds. The van der Waals surface area contributed by atoms with Gasteiger partial charge in [-0.2, -0.15) is 4.98 Å². The monoisotopic (exact) mass is 437 g/mol. The molecule has 1 aromatic carbocycles. The van der Waals surface area contributed by atoms with E-state index in [0.717, 1.165) is 56.6 Å². The zero-order valence-electron chi connectivity index (χ0n) is 18.3. The summed E-state index contributed by atoms with van der Waals surface area (Å²) in [6.45, 7) is 2.99. The number of urea groups is 1. The van der Waals surface area contributed by atoms with E-state index in [0.29, 0.717) is 24.9 Å². The molecule has 0 atom stereocenters. The summed E-state index contributed by atoms with van der Waals surface area (Å²) >= 11 is 0. The van der Waals surface area contributed by atoms with E-state index in [-0.39, 0.29) is 17.9 Å². The minimum Gasteiger partial charge on any atom is -0.370 e. The smallest absolute Gasteiger partial charge is 0.321 e. The number of carbonyl (C=O) groups excluding carboxylic acids is 2. The Labute approximate surface area is 188 Å². The molecule has 0 unspecified atom stereocenters. The van der Waals surface area contributed by atoms with Gasteiger partial charge in [0.25, 0.3) is 0 Å². The number of aromatic nitrogens is 2. The fourth-order valence-electron chi connectivity index (χ4n) is 3.78. The molecule has 4 N–H and O–H groups in total. The Hall–Kier alpha value is -3.36. The van der Waals surface area contributed by atoms with Crippen molar-refractivity contribution in [3.05, 3.63) is 36.5 Å². The van der Waals surface area contributed by atoms with Crippen LogP contribution in [0.5, 0.6) is 0 Å². The number of hydrogen-bond donors (Lipinski definition) is 4. The fraction of sp³-hybridized carbons (Fsp3) is 0.478. The predicted molar refractivity (Wildman–Crippen MR) is 125 cm³/mol. The van der Waals surface area contributed by atoms with Gasteiger partial charge in [-0.3, -0.25) is 4.79 Å². The highest BCUT2D eigenvalue weighted by Crippen LogP contribution is 2.26. The van der Waals surface area contributed by atoms with E-state index in [4.69, 9.17) is 0 Å². The molecule has 9 nitrogen and oxygen atoms in total. The first-order valence-corrected chi connectivity index (χ1v) is 11.4. The van der Waals surface area contributed by atoms with E-state index >= 15 is 0 Å². The molecule has 2 heterocycles. The molecule has 0 radical (unpaired) electrons. The third kappa shape index (κ3) is 6.09. The van der Waals surface area contributed by atoms with Crippen LogP contribution in [-0.4, -0.2) is 53.0 Å². The normalized spacial score (nSPS) is 15.7. The average molecular weight is 438 g/mol. The van der Waals surface area contributed by atoms with Gasteiger partial charge in [0.15, 0.2) is 0 Å². The third-order valence-electron chi connectivity index (χ3n) is 5.85. The van der Waals surface area contributed by atoms with Crippen LogP contribution in [0.1, 0.15) is 38.5 Å². The van der Waals surface area contributed by atoms with Crippen molar-refractivity contribution in [2.45, 2.75) is 38.5 Å². The van der Waals surface area contributed by atoms with Crippen molar-refractivity contribution >= 4 is 35.1 Å². The molecule has 0 spiro atoms. The number of amides is 3. The van der Waals surface area contributed by atoms with Gasteiger partial charge in [-0.15, -0.1) is 0 Å². The molecule has 9 heteroatoms. The lowest BCUT2D eigenvalue weighted by molar-refractivity contribution is -0.127. The predicted octanol–water partition coefficient (Wildman–Crippen LogP) is 3.57. The molecule has 2 aliphatic rings. The largest absolute Gasteiger partial charge is 0.370 e. The molecule has 1 saturated heterocycles. The van der Waals surface area contributed by atoms with Crippen LogP contribution in [0.2, 0.25) is 0 Å². The molecule has 2 fully saturated rings. The number of benzene rings is 1. The molecule has 1 aliphatic carbocycles. The Kier molecular flexibility index (Phi) is 7.37. The average Bonchev–Trinajstić information content (AvgIpc) is 3.28. The molecule has 1 aliphatic heterocycles. The summed E-state index contributed by atoms with van der Waals surface area (Å²) in [6.07, 6.45) is 7.85. The number of likely N-dealkylation sites (tertiary alicyclic amines) is 1. The Balaban J connectivity index is 1.23. The Bertz CT molecular complexity index is 926. The molecule has 0 bridgehead atoms. The highest BCUT2D eigenvalue weighted by molar-refractivity contribution is 5.90. The Morgan fingerprint density at radius 3 is 2.62 bits per heavy atom. The summed E-state index contributed by atoms with van der Waals surface area (Å²) in [5, 5.41) is 12.4. The lowest BCUT2D eigenvalue weighted by atomic mass is 9.85. The number of nitrogens with one attached hydrogen (secondary N) is 4. The summed E-state index contributed by atoms with van der Waals surface area (Å²) in [5.74, 6) is 1.59. The second-order valence-corrected chi connectivity index (χ2v) is 8.29. The first kappa shape index (κ1) is 21.9. The second-order valence-electron chi connectivity index (χ2n) is 8.29. The van der Waals surface area contributed by atoms with Crippen molar-refractivity contribution < 1.29 is 9.59 Å². The van der Waals surface area contributed by atoms with Crippen LogP contribution >= 0.6 is 0 Å². The van der Waals surface area contributed by atoms with E-state index in [1.165, 1.54) is 6.42 Å². The molecule has 170 valence electrons. The summed E-state index contributed by atoms with van der Waals surface area (Å²) in [4.78, 5) is 34.7. The van der Waals surface area contributed by atoms with E-state index in [9.17, 15) is 9.59 Å². The van der Waals surface area contributed by atoms with Crippen molar-refractivity contribution in [3.63, 3.8) is 0 Å². The van der Waals surface area contributed by atoms with Crippen LogP contribution in [-0.2, 0) is 4.79 Å². The number of nitrogens with zero attached hydrogens (tertiary/aromatic N) is 3. The van der Waals surface area contributed by atoms with Crippen LogP contribution in [0.25, 0.3) is 0 Å². The number of hydrogen-bond acceptors (Lipinski definition) is 6. The van der Waals surface area contributed by atoms with Crippen LogP contribution < -0.4 is 21.3 Å². The van der Waals surface area contributed by atoms with Gasteiger partial charge in [-0.25, -0.2) is 9.78 Å². The first-order valence-electron chi connectivity index (χ1n) is 11.4. The van der Waals surface area contributed by atoms with Gasteiger partial charge in [0.2, 0.25) is 11.9 Å². The van der Waals surface area contributed by atoms with E-state index in [1.807, 2.05) is 35.2 Å². The summed E-state index contributed by atoms with van der Waals surface area (Å²) in [7, 11) is 0. The van der Waals surface area contributed by atoms with Crippen molar-refractivity contribution in [1.29, 1.82) is 0 Å². The van der Waals surface area contributed by atoms with Gasteiger partial charge in [0.05, 0.1) is 0 Å². The second kappa shape index (κ2) is 10.8. The topological polar surface area (TPSA) is 111 Å². The zero-order valence-corrected chi connectivity index (χ0v) is 18.3. The lowest BCUT2D eigenvalue weighted by Crippen LogP contribution is -2.35. The lowest BCUT2D eigenvalue weighted by Gasteiger charge is -2.24. The molecule has 2 aromatic rings. The minimum absolute atomic E-state index is 0.0639. The van der Waals surface area contributed by atoms with Gasteiger partial charge in [0.1, 0.15) is 5.82 Å². The molecular weight excluding hydrogens is 406 g/mol. The summed E-state index contributed by atoms with van der Waals surface area (Å²) in [6, 6.07) is 9.25. The van der Waals surface area contributed by atoms with Crippen LogP contribution in [0.15, 0.2) is 36.5 Å². The van der Waals surface area contributed by atoms with Crippen molar-refractivity contribution in [2.75, 3.05) is 42.1 Å². The third-order valence-corrected chi connectivity index (χ3v) is 5.85. The molecule has 32 heavy (non-hydrogen) atoms. The Morgan fingerprint density at radius 1 is 1.03 bits per heavy atom. The fourth-order valence-corrected chi connectivity index (χ4v) is 3.78. The van der Waals surface area contributed by atoms with Crippen molar-refractivity contribution in [3.8, 4) is 0 Å². The number of anilines is 4. The van der Waals surface area contributed by atoms with Gasteiger partial charge in [-0.05, 0) is 56.4 Å². The SMILES string of the molecule is O=C(NCCCNc1ccnc(Nc2cccc(NC(=O)N3CCCC3)c2)n1)C1CCC1. The van der Waals surface area contributed by atoms with Gasteiger partial charge < -0.3 is 26.2 Å². The number of carbonyl (C=O) groups is 2. The minimum atomic E-state index is -0.0639. The van der Waals surface area contributed by atoms with Gasteiger partial charge in [-0.1, -0.05) is 12.5 Å². The van der Waals surface area contributed by atoms with Gasteiger partial charge in [0, 0.05) is 49.7 Å². The summed E-state index contributed by atoms with van der Waals surface area (Å²) < 4.78 is 0. The maximum absolute atomic E-state index is 12.3. The highest BCUT2D eigenvalue weighted by Gasteiger charge is 2.24.